The molecule has 0 saturated carbocycles. The normalized spacial score (nSPS) is 20.2. The van der Waals surface area contributed by atoms with Crippen LogP contribution in [-0.2, 0) is 5.54 Å². The van der Waals surface area contributed by atoms with Crippen LogP contribution in [0.5, 0.6) is 5.75 Å². The zero-order chi connectivity index (χ0) is 14.7. The van der Waals surface area contributed by atoms with Crippen molar-refractivity contribution in [2.75, 3.05) is 6.61 Å². The van der Waals surface area contributed by atoms with E-state index in [1.54, 1.807) is 0 Å². The third-order valence-corrected chi connectivity index (χ3v) is 4.67. The van der Waals surface area contributed by atoms with Gasteiger partial charge in [-0.2, -0.15) is 0 Å². The number of nitrogens with two attached hydrogens (primary N) is 1. The fourth-order valence-electron chi connectivity index (χ4n) is 3.30. The third-order valence-electron chi connectivity index (χ3n) is 4.67. The van der Waals surface area contributed by atoms with Crippen LogP contribution in [0.4, 0.5) is 0 Å². The molecule has 1 aliphatic rings. The van der Waals surface area contributed by atoms with Gasteiger partial charge >= 0.3 is 0 Å². The van der Waals surface area contributed by atoms with Crippen LogP contribution in [0.2, 0.25) is 0 Å². The molecule has 0 spiro atoms. The van der Waals surface area contributed by atoms with E-state index in [1.165, 1.54) is 11.1 Å². The second-order valence-electron chi connectivity index (χ2n) is 5.95. The number of fused-ring (bicyclic) bond motifs is 1. The molecule has 0 aliphatic carbocycles. The molecule has 0 aromatic heterocycles. The Hall–Kier alpha value is -1.80. The first-order valence-corrected chi connectivity index (χ1v) is 7.79. The van der Waals surface area contributed by atoms with Gasteiger partial charge in [-0.05, 0) is 42.4 Å². The molecule has 21 heavy (non-hydrogen) atoms. The van der Waals surface area contributed by atoms with Crippen molar-refractivity contribution in [1.29, 1.82) is 0 Å². The molecule has 110 valence electrons. The lowest BCUT2D eigenvalue weighted by atomic mass is 9.76. The maximum Gasteiger partial charge on any atom is 0.122 e. The van der Waals surface area contributed by atoms with Crippen molar-refractivity contribution in [2.24, 2.45) is 5.73 Å². The summed E-state index contributed by atoms with van der Waals surface area (Å²) in [4.78, 5) is 0. The van der Waals surface area contributed by atoms with Crippen molar-refractivity contribution < 1.29 is 4.74 Å². The lowest BCUT2D eigenvalue weighted by Crippen LogP contribution is -2.38. The van der Waals surface area contributed by atoms with Gasteiger partial charge < -0.3 is 10.5 Å². The number of rotatable bonds is 4. The third kappa shape index (κ3) is 2.81. The van der Waals surface area contributed by atoms with Gasteiger partial charge in [-0.15, -0.1) is 0 Å². The largest absolute Gasteiger partial charge is 0.493 e. The van der Waals surface area contributed by atoms with Gasteiger partial charge in [0.2, 0.25) is 0 Å². The second kappa shape index (κ2) is 5.90. The lowest BCUT2D eigenvalue weighted by Gasteiger charge is -2.35. The summed E-state index contributed by atoms with van der Waals surface area (Å²) in [5.41, 5.74) is 9.04. The van der Waals surface area contributed by atoms with E-state index >= 15 is 0 Å². The Labute approximate surface area is 126 Å². The van der Waals surface area contributed by atoms with Crippen LogP contribution in [0.25, 0.3) is 0 Å². The van der Waals surface area contributed by atoms with E-state index in [-0.39, 0.29) is 5.54 Å². The Morgan fingerprint density at radius 1 is 1.10 bits per heavy atom. The van der Waals surface area contributed by atoms with Gasteiger partial charge in [-0.3, -0.25) is 0 Å². The number of ether oxygens (including phenoxy) is 1. The van der Waals surface area contributed by atoms with Gasteiger partial charge in [0.25, 0.3) is 0 Å². The summed E-state index contributed by atoms with van der Waals surface area (Å²) in [5, 5.41) is 0. The van der Waals surface area contributed by atoms with Crippen LogP contribution in [0, 0.1) is 0 Å². The predicted octanol–water partition coefficient (Wildman–Crippen LogP) is 4.21. The Morgan fingerprint density at radius 2 is 1.81 bits per heavy atom. The molecule has 2 atom stereocenters. The monoisotopic (exact) mass is 281 g/mol. The van der Waals surface area contributed by atoms with Crippen molar-refractivity contribution in [3.63, 3.8) is 0 Å². The minimum atomic E-state index is -0.267. The fraction of sp³-hybridized carbons (Fsp3) is 0.368. The molecule has 2 N–H and O–H groups in total. The van der Waals surface area contributed by atoms with Crippen molar-refractivity contribution in [2.45, 2.75) is 37.6 Å². The zero-order valence-corrected chi connectivity index (χ0v) is 12.6. The SMILES string of the molecule is CCC(N)(CC1CCOc2ccccc21)c1ccccc1. The number of hydrogen-bond acceptors (Lipinski definition) is 2. The first-order chi connectivity index (χ1) is 10.2. The Morgan fingerprint density at radius 3 is 2.57 bits per heavy atom. The van der Waals surface area contributed by atoms with Gasteiger partial charge in [-0.1, -0.05) is 55.5 Å². The summed E-state index contributed by atoms with van der Waals surface area (Å²) in [6.45, 7) is 2.97. The zero-order valence-electron chi connectivity index (χ0n) is 12.6. The number of para-hydroxylation sites is 1. The number of benzene rings is 2. The molecule has 3 rings (SSSR count). The van der Waals surface area contributed by atoms with Gasteiger partial charge in [0.15, 0.2) is 0 Å². The predicted molar refractivity (Wildman–Crippen MR) is 86.5 cm³/mol. The average Bonchev–Trinajstić information content (AvgIpc) is 2.56. The Balaban J connectivity index is 1.89. The highest BCUT2D eigenvalue weighted by molar-refractivity contribution is 5.38. The van der Waals surface area contributed by atoms with E-state index < -0.39 is 0 Å². The Bertz CT molecular complexity index is 596. The highest BCUT2D eigenvalue weighted by Gasteiger charge is 2.32. The van der Waals surface area contributed by atoms with Gasteiger partial charge in [0.1, 0.15) is 5.75 Å². The van der Waals surface area contributed by atoms with Gasteiger partial charge in [0, 0.05) is 5.54 Å². The smallest absolute Gasteiger partial charge is 0.122 e. The molecule has 0 amide bonds. The van der Waals surface area contributed by atoms with Crippen molar-refractivity contribution in [3.8, 4) is 5.75 Å². The molecular weight excluding hydrogens is 258 g/mol. The highest BCUT2D eigenvalue weighted by atomic mass is 16.5. The lowest BCUT2D eigenvalue weighted by molar-refractivity contribution is 0.240. The molecule has 2 heteroatoms. The maximum atomic E-state index is 6.77. The summed E-state index contributed by atoms with van der Waals surface area (Å²) < 4.78 is 5.77. The van der Waals surface area contributed by atoms with Crippen LogP contribution in [0.15, 0.2) is 54.6 Å². The van der Waals surface area contributed by atoms with E-state index in [2.05, 4.69) is 49.4 Å². The first-order valence-electron chi connectivity index (χ1n) is 7.79. The standard InChI is InChI=1S/C19H23NO/c1-2-19(20,16-8-4-3-5-9-16)14-15-12-13-21-18-11-7-6-10-17(15)18/h3-11,15H,2,12-14,20H2,1H3. The summed E-state index contributed by atoms with van der Waals surface area (Å²) in [6.07, 6.45) is 2.95. The fourth-order valence-corrected chi connectivity index (χ4v) is 3.30. The topological polar surface area (TPSA) is 35.2 Å². The van der Waals surface area contributed by atoms with Crippen molar-refractivity contribution >= 4 is 0 Å². The van der Waals surface area contributed by atoms with Crippen LogP contribution in [0.1, 0.15) is 43.2 Å². The average molecular weight is 281 g/mol. The van der Waals surface area contributed by atoms with Gasteiger partial charge in [0.05, 0.1) is 6.61 Å². The molecular formula is C19H23NO. The van der Waals surface area contributed by atoms with E-state index in [0.717, 1.165) is 31.6 Å². The number of hydrogen-bond donors (Lipinski definition) is 1. The molecule has 0 fully saturated rings. The first kappa shape index (κ1) is 14.2. The minimum Gasteiger partial charge on any atom is -0.493 e. The molecule has 0 radical (unpaired) electrons. The molecule has 1 heterocycles. The molecule has 0 bridgehead atoms. The minimum absolute atomic E-state index is 0.267. The van der Waals surface area contributed by atoms with Crippen molar-refractivity contribution in [3.05, 3.63) is 65.7 Å². The molecule has 2 aromatic carbocycles. The summed E-state index contributed by atoms with van der Waals surface area (Å²) in [6, 6.07) is 18.9. The quantitative estimate of drug-likeness (QED) is 0.911. The van der Waals surface area contributed by atoms with Crippen LogP contribution >= 0.6 is 0 Å². The maximum absolute atomic E-state index is 6.77. The van der Waals surface area contributed by atoms with Gasteiger partial charge in [-0.25, -0.2) is 0 Å². The van der Waals surface area contributed by atoms with E-state index in [4.69, 9.17) is 10.5 Å². The second-order valence-corrected chi connectivity index (χ2v) is 5.95. The summed E-state index contributed by atoms with van der Waals surface area (Å²) in [7, 11) is 0. The van der Waals surface area contributed by atoms with E-state index in [0.29, 0.717) is 5.92 Å². The van der Waals surface area contributed by atoms with Crippen LogP contribution in [-0.4, -0.2) is 6.61 Å². The molecule has 2 aromatic rings. The summed E-state index contributed by atoms with van der Waals surface area (Å²) >= 11 is 0. The molecule has 1 aliphatic heterocycles. The van der Waals surface area contributed by atoms with E-state index in [1.807, 2.05) is 12.1 Å². The van der Waals surface area contributed by atoms with E-state index in [9.17, 15) is 0 Å². The van der Waals surface area contributed by atoms with Crippen LogP contribution < -0.4 is 10.5 Å². The summed E-state index contributed by atoms with van der Waals surface area (Å²) in [5.74, 6) is 1.50. The Kier molecular flexibility index (Phi) is 3.98. The van der Waals surface area contributed by atoms with Crippen LogP contribution in [0.3, 0.4) is 0 Å². The molecule has 2 unspecified atom stereocenters. The molecule has 0 saturated heterocycles. The van der Waals surface area contributed by atoms with Crippen molar-refractivity contribution in [1.82, 2.24) is 0 Å². The molecule has 2 nitrogen and oxygen atoms in total. The highest BCUT2D eigenvalue weighted by Crippen LogP contribution is 2.41.